The van der Waals surface area contributed by atoms with Gasteiger partial charge in [-0.2, -0.15) is 5.10 Å². The van der Waals surface area contributed by atoms with E-state index in [1.807, 2.05) is 30.4 Å². The molecule has 0 aliphatic heterocycles. The first-order chi connectivity index (χ1) is 9.10. The number of thioether (sulfide) groups is 1. The Hall–Kier alpha value is -1.26. The van der Waals surface area contributed by atoms with Crippen molar-refractivity contribution in [2.45, 2.75) is 37.0 Å². The van der Waals surface area contributed by atoms with Gasteiger partial charge in [0.05, 0.1) is 5.69 Å². The molecule has 0 fully saturated rings. The number of hydrogen-bond acceptors (Lipinski definition) is 3. The van der Waals surface area contributed by atoms with Crippen LogP contribution in [0.15, 0.2) is 35.2 Å². The Kier molecular flexibility index (Phi) is 4.66. The molecule has 1 atom stereocenters. The van der Waals surface area contributed by atoms with E-state index in [0.29, 0.717) is 0 Å². The summed E-state index contributed by atoms with van der Waals surface area (Å²) in [5, 5.41) is 4.47. The van der Waals surface area contributed by atoms with Crippen LogP contribution in [-0.4, -0.2) is 9.78 Å². The van der Waals surface area contributed by atoms with Gasteiger partial charge in [-0.05, 0) is 37.1 Å². The lowest BCUT2D eigenvalue weighted by Gasteiger charge is -2.08. The molecule has 0 bridgehead atoms. The van der Waals surface area contributed by atoms with Crippen molar-refractivity contribution in [3.8, 4) is 0 Å². The van der Waals surface area contributed by atoms with Crippen molar-refractivity contribution >= 4 is 11.8 Å². The summed E-state index contributed by atoms with van der Waals surface area (Å²) in [4.78, 5) is 1.26. The number of aryl methyl sites for hydroxylation is 2. The summed E-state index contributed by atoms with van der Waals surface area (Å²) in [6.07, 6.45) is 0.985. The van der Waals surface area contributed by atoms with Gasteiger partial charge in [-0.1, -0.05) is 19.1 Å². The highest BCUT2D eigenvalue weighted by Gasteiger charge is 2.06. The molecule has 2 aromatic rings. The van der Waals surface area contributed by atoms with Gasteiger partial charge >= 0.3 is 0 Å². The Morgan fingerprint density at radius 2 is 2.16 bits per heavy atom. The zero-order valence-electron chi connectivity index (χ0n) is 11.8. The molecular weight excluding hydrogens is 254 g/mol. The predicted molar refractivity (Wildman–Crippen MR) is 81.2 cm³/mol. The van der Waals surface area contributed by atoms with Gasteiger partial charge in [0, 0.05) is 29.4 Å². The third kappa shape index (κ3) is 3.61. The molecule has 1 aromatic heterocycles. The van der Waals surface area contributed by atoms with E-state index in [1.165, 1.54) is 16.2 Å². The van der Waals surface area contributed by atoms with Crippen molar-refractivity contribution in [3.63, 3.8) is 0 Å². The number of nitrogens with zero attached hydrogens (tertiary/aromatic N) is 2. The number of benzene rings is 1. The average Bonchev–Trinajstić information content (AvgIpc) is 2.77. The second kappa shape index (κ2) is 6.26. The highest BCUT2D eigenvalue weighted by molar-refractivity contribution is 7.98. The van der Waals surface area contributed by atoms with E-state index in [0.717, 1.165) is 17.9 Å². The maximum absolute atomic E-state index is 5.91. The Morgan fingerprint density at radius 1 is 1.37 bits per heavy atom. The van der Waals surface area contributed by atoms with E-state index in [1.54, 1.807) is 0 Å². The SMILES string of the molecule is CCc1cc(CSc2cccc(C(C)N)c2)n(C)n1. The summed E-state index contributed by atoms with van der Waals surface area (Å²) < 4.78 is 1.97. The van der Waals surface area contributed by atoms with E-state index in [2.05, 4.69) is 42.4 Å². The van der Waals surface area contributed by atoms with Gasteiger partial charge in [0.2, 0.25) is 0 Å². The topological polar surface area (TPSA) is 43.8 Å². The molecule has 0 spiro atoms. The fourth-order valence-corrected chi connectivity index (χ4v) is 2.90. The molecule has 0 saturated heterocycles. The van der Waals surface area contributed by atoms with Gasteiger partial charge in [0.15, 0.2) is 0 Å². The molecule has 3 nitrogen and oxygen atoms in total. The van der Waals surface area contributed by atoms with Crippen molar-refractivity contribution in [1.29, 1.82) is 0 Å². The maximum Gasteiger partial charge on any atom is 0.0625 e. The Labute approximate surface area is 119 Å². The first-order valence-electron chi connectivity index (χ1n) is 6.60. The van der Waals surface area contributed by atoms with Gasteiger partial charge in [0.1, 0.15) is 0 Å². The fourth-order valence-electron chi connectivity index (χ4n) is 1.92. The van der Waals surface area contributed by atoms with Crippen LogP contribution in [0.25, 0.3) is 0 Å². The third-order valence-corrected chi connectivity index (χ3v) is 4.19. The molecule has 0 aliphatic rings. The van der Waals surface area contributed by atoms with Crippen molar-refractivity contribution in [3.05, 3.63) is 47.3 Å². The van der Waals surface area contributed by atoms with Crippen molar-refractivity contribution in [2.24, 2.45) is 12.8 Å². The summed E-state index contributed by atoms with van der Waals surface area (Å²) in [7, 11) is 2.01. The van der Waals surface area contributed by atoms with Gasteiger partial charge in [-0.25, -0.2) is 0 Å². The lowest BCUT2D eigenvalue weighted by atomic mass is 10.1. The third-order valence-electron chi connectivity index (χ3n) is 3.16. The number of nitrogens with two attached hydrogens (primary N) is 1. The van der Waals surface area contributed by atoms with Crippen LogP contribution in [0.3, 0.4) is 0 Å². The molecule has 2 rings (SSSR count). The molecule has 102 valence electrons. The van der Waals surface area contributed by atoms with Crippen LogP contribution in [0.5, 0.6) is 0 Å². The van der Waals surface area contributed by atoms with Gasteiger partial charge in [0.25, 0.3) is 0 Å². The zero-order chi connectivity index (χ0) is 13.8. The minimum absolute atomic E-state index is 0.0870. The number of aromatic nitrogens is 2. The molecule has 4 heteroatoms. The first kappa shape index (κ1) is 14.2. The van der Waals surface area contributed by atoms with Crippen LogP contribution in [0.1, 0.15) is 36.8 Å². The van der Waals surface area contributed by atoms with Crippen molar-refractivity contribution < 1.29 is 0 Å². The largest absolute Gasteiger partial charge is 0.324 e. The maximum atomic E-state index is 5.91. The lowest BCUT2D eigenvalue weighted by Crippen LogP contribution is -2.04. The minimum Gasteiger partial charge on any atom is -0.324 e. The molecule has 19 heavy (non-hydrogen) atoms. The Morgan fingerprint density at radius 3 is 2.79 bits per heavy atom. The molecule has 1 aromatic carbocycles. The van der Waals surface area contributed by atoms with Crippen LogP contribution in [0.4, 0.5) is 0 Å². The van der Waals surface area contributed by atoms with Crippen molar-refractivity contribution in [1.82, 2.24) is 9.78 Å². The van der Waals surface area contributed by atoms with E-state index in [4.69, 9.17) is 5.73 Å². The Balaban J connectivity index is 2.05. The molecule has 2 N–H and O–H groups in total. The highest BCUT2D eigenvalue weighted by atomic mass is 32.2. The van der Waals surface area contributed by atoms with Crippen molar-refractivity contribution in [2.75, 3.05) is 0 Å². The van der Waals surface area contributed by atoms with Gasteiger partial charge < -0.3 is 5.73 Å². The van der Waals surface area contributed by atoms with Crippen LogP contribution in [-0.2, 0) is 19.2 Å². The predicted octanol–water partition coefficient (Wildman–Crippen LogP) is 3.29. The zero-order valence-corrected chi connectivity index (χ0v) is 12.6. The summed E-state index contributed by atoms with van der Waals surface area (Å²) in [5.41, 5.74) is 9.51. The van der Waals surface area contributed by atoms with Crippen LogP contribution < -0.4 is 5.73 Å². The van der Waals surface area contributed by atoms with Crippen LogP contribution in [0.2, 0.25) is 0 Å². The van der Waals surface area contributed by atoms with Gasteiger partial charge in [-0.3, -0.25) is 4.68 Å². The second-order valence-electron chi connectivity index (χ2n) is 4.75. The van der Waals surface area contributed by atoms with E-state index in [-0.39, 0.29) is 6.04 Å². The molecular formula is C15H21N3S. The first-order valence-corrected chi connectivity index (χ1v) is 7.59. The van der Waals surface area contributed by atoms with E-state index >= 15 is 0 Å². The lowest BCUT2D eigenvalue weighted by molar-refractivity contribution is 0.720. The average molecular weight is 275 g/mol. The summed E-state index contributed by atoms with van der Waals surface area (Å²) in [5.74, 6) is 0.936. The monoisotopic (exact) mass is 275 g/mol. The molecule has 0 saturated carbocycles. The van der Waals surface area contributed by atoms with E-state index in [9.17, 15) is 0 Å². The highest BCUT2D eigenvalue weighted by Crippen LogP contribution is 2.25. The Bertz CT molecular complexity index is 546. The molecule has 1 heterocycles. The second-order valence-corrected chi connectivity index (χ2v) is 5.80. The molecule has 0 amide bonds. The molecule has 0 aliphatic carbocycles. The molecule has 0 radical (unpaired) electrons. The standard InChI is InChI=1S/C15H21N3S/c1-4-13-9-14(18(3)17-13)10-19-15-7-5-6-12(8-15)11(2)16/h5-9,11H,4,10,16H2,1-3H3. The number of rotatable bonds is 5. The normalized spacial score (nSPS) is 12.6. The summed E-state index contributed by atoms with van der Waals surface area (Å²) >= 11 is 1.83. The summed E-state index contributed by atoms with van der Waals surface area (Å²) in [6.45, 7) is 4.14. The van der Waals surface area contributed by atoms with Gasteiger partial charge in [-0.15, -0.1) is 11.8 Å². The molecule has 1 unspecified atom stereocenters. The van der Waals surface area contributed by atoms with Crippen LogP contribution in [0, 0.1) is 0 Å². The quantitative estimate of drug-likeness (QED) is 0.852. The summed E-state index contributed by atoms with van der Waals surface area (Å²) in [6, 6.07) is 10.7. The van der Waals surface area contributed by atoms with Crippen LogP contribution >= 0.6 is 11.8 Å². The minimum atomic E-state index is 0.0870. The fraction of sp³-hybridized carbons (Fsp3) is 0.400. The van der Waals surface area contributed by atoms with E-state index < -0.39 is 0 Å². The number of hydrogen-bond donors (Lipinski definition) is 1. The smallest absolute Gasteiger partial charge is 0.0625 e.